The van der Waals surface area contributed by atoms with E-state index in [9.17, 15) is 4.79 Å². The highest BCUT2D eigenvalue weighted by atomic mass is 16.2. The fourth-order valence-corrected chi connectivity index (χ4v) is 2.47. The minimum Gasteiger partial charge on any atom is -0.374 e. The third-order valence-corrected chi connectivity index (χ3v) is 3.55. The summed E-state index contributed by atoms with van der Waals surface area (Å²) in [5.41, 5.74) is 2.26. The van der Waals surface area contributed by atoms with Crippen molar-refractivity contribution in [1.82, 2.24) is 5.32 Å². The lowest BCUT2D eigenvalue weighted by Crippen LogP contribution is -2.40. The molecule has 1 saturated heterocycles. The van der Waals surface area contributed by atoms with Gasteiger partial charge in [-0.1, -0.05) is 0 Å². The summed E-state index contributed by atoms with van der Waals surface area (Å²) in [6.07, 6.45) is 2.57. The Labute approximate surface area is 121 Å². The van der Waals surface area contributed by atoms with Crippen molar-refractivity contribution < 1.29 is 4.79 Å². The molecule has 0 radical (unpaired) electrons. The predicted molar refractivity (Wildman–Crippen MR) is 84.3 cm³/mol. The van der Waals surface area contributed by atoms with E-state index in [-0.39, 0.29) is 18.0 Å². The fourth-order valence-electron chi connectivity index (χ4n) is 2.47. The molecule has 1 atom stereocenters. The molecule has 1 unspecified atom stereocenters. The van der Waals surface area contributed by atoms with Gasteiger partial charge < -0.3 is 15.5 Å². The maximum Gasteiger partial charge on any atom is 0.242 e. The van der Waals surface area contributed by atoms with E-state index in [4.69, 9.17) is 0 Å². The van der Waals surface area contributed by atoms with Gasteiger partial charge in [-0.15, -0.1) is 0 Å². The summed E-state index contributed by atoms with van der Waals surface area (Å²) in [5.74, 6) is 0.0311. The quantitative estimate of drug-likeness (QED) is 0.868. The summed E-state index contributed by atoms with van der Waals surface area (Å²) in [6, 6.07) is 8.29. The van der Waals surface area contributed by atoms with Crippen LogP contribution in [0.15, 0.2) is 24.3 Å². The summed E-state index contributed by atoms with van der Waals surface area (Å²) in [4.78, 5) is 14.3. The maximum atomic E-state index is 11.9. The summed E-state index contributed by atoms with van der Waals surface area (Å²) >= 11 is 0. The number of benzene rings is 1. The number of hydrogen-bond donors (Lipinski definition) is 2. The molecular formula is C16H25N3O. The zero-order chi connectivity index (χ0) is 14.5. The minimum absolute atomic E-state index is 0.0311. The van der Waals surface area contributed by atoms with Crippen molar-refractivity contribution in [2.75, 3.05) is 23.3 Å². The number of anilines is 2. The zero-order valence-corrected chi connectivity index (χ0v) is 12.6. The highest BCUT2D eigenvalue weighted by molar-refractivity contribution is 5.84. The molecule has 0 saturated carbocycles. The first-order valence-electron chi connectivity index (χ1n) is 7.48. The first-order valence-corrected chi connectivity index (χ1v) is 7.48. The van der Waals surface area contributed by atoms with Crippen LogP contribution in [0.4, 0.5) is 11.4 Å². The van der Waals surface area contributed by atoms with Crippen molar-refractivity contribution in [3.05, 3.63) is 24.3 Å². The van der Waals surface area contributed by atoms with Gasteiger partial charge in [-0.3, -0.25) is 4.79 Å². The van der Waals surface area contributed by atoms with Crippen LogP contribution in [0.3, 0.4) is 0 Å². The second kappa shape index (κ2) is 6.64. The third-order valence-electron chi connectivity index (χ3n) is 3.55. The number of amides is 1. The third kappa shape index (κ3) is 3.89. The van der Waals surface area contributed by atoms with Crippen LogP contribution in [-0.4, -0.2) is 31.1 Å². The SMILES string of the molecule is CC(C)NC(=O)C(C)Nc1ccc(N2CCCC2)cc1. The molecule has 1 aromatic rings. The molecular weight excluding hydrogens is 250 g/mol. The maximum absolute atomic E-state index is 11.9. The average Bonchev–Trinajstić information content (AvgIpc) is 2.92. The second-order valence-corrected chi connectivity index (χ2v) is 5.77. The van der Waals surface area contributed by atoms with Gasteiger partial charge >= 0.3 is 0 Å². The van der Waals surface area contributed by atoms with E-state index in [0.29, 0.717) is 0 Å². The molecule has 1 fully saturated rings. The van der Waals surface area contributed by atoms with Crippen LogP contribution in [0.5, 0.6) is 0 Å². The molecule has 2 N–H and O–H groups in total. The Bertz CT molecular complexity index is 436. The molecule has 0 aliphatic carbocycles. The fraction of sp³-hybridized carbons (Fsp3) is 0.562. The molecule has 1 aromatic carbocycles. The number of hydrogen-bond acceptors (Lipinski definition) is 3. The van der Waals surface area contributed by atoms with Crippen molar-refractivity contribution in [3.8, 4) is 0 Å². The van der Waals surface area contributed by atoms with Gasteiger partial charge in [0.2, 0.25) is 5.91 Å². The lowest BCUT2D eigenvalue weighted by Gasteiger charge is -2.20. The molecule has 4 nitrogen and oxygen atoms in total. The smallest absolute Gasteiger partial charge is 0.242 e. The van der Waals surface area contributed by atoms with Gasteiger partial charge in [-0.05, 0) is 57.9 Å². The Morgan fingerprint density at radius 1 is 1.10 bits per heavy atom. The van der Waals surface area contributed by atoms with Crippen LogP contribution in [-0.2, 0) is 4.79 Å². The average molecular weight is 275 g/mol. The van der Waals surface area contributed by atoms with Crippen molar-refractivity contribution in [2.45, 2.75) is 45.7 Å². The van der Waals surface area contributed by atoms with E-state index in [0.717, 1.165) is 18.8 Å². The minimum atomic E-state index is -0.227. The van der Waals surface area contributed by atoms with E-state index < -0.39 is 0 Å². The van der Waals surface area contributed by atoms with E-state index in [1.165, 1.54) is 18.5 Å². The molecule has 4 heteroatoms. The Balaban J connectivity index is 1.91. The molecule has 1 heterocycles. The lowest BCUT2D eigenvalue weighted by molar-refractivity contribution is -0.122. The summed E-state index contributed by atoms with van der Waals surface area (Å²) in [6.45, 7) is 8.12. The van der Waals surface area contributed by atoms with Crippen molar-refractivity contribution in [3.63, 3.8) is 0 Å². The first-order chi connectivity index (χ1) is 9.56. The van der Waals surface area contributed by atoms with Gasteiger partial charge in [-0.25, -0.2) is 0 Å². The van der Waals surface area contributed by atoms with Crippen molar-refractivity contribution >= 4 is 17.3 Å². The van der Waals surface area contributed by atoms with E-state index in [1.54, 1.807) is 0 Å². The number of nitrogens with zero attached hydrogens (tertiary/aromatic N) is 1. The second-order valence-electron chi connectivity index (χ2n) is 5.77. The molecule has 110 valence electrons. The van der Waals surface area contributed by atoms with Crippen LogP contribution < -0.4 is 15.5 Å². The monoisotopic (exact) mass is 275 g/mol. The molecule has 0 spiro atoms. The molecule has 0 aromatic heterocycles. The van der Waals surface area contributed by atoms with Crippen LogP contribution in [0.2, 0.25) is 0 Å². The van der Waals surface area contributed by atoms with Gasteiger partial charge in [-0.2, -0.15) is 0 Å². The number of rotatable bonds is 5. The van der Waals surface area contributed by atoms with Crippen LogP contribution in [0.25, 0.3) is 0 Å². The largest absolute Gasteiger partial charge is 0.374 e. The van der Waals surface area contributed by atoms with E-state index >= 15 is 0 Å². The summed E-state index contributed by atoms with van der Waals surface area (Å²) < 4.78 is 0. The zero-order valence-electron chi connectivity index (χ0n) is 12.6. The number of nitrogens with one attached hydrogen (secondary N) is 2. The lowest BCUT2D eigenvalue weighted by atomic mass is 10.2. The van der Waals surface area contributed by atoms with E-state index in [1.807, 2.05) is 32.9 Å². The molecule has 1 aliphatic heterocycles. The van der Waals surface area contributed by atoms with Crippen LogP contribution in [0, 0.1) is 0 Å². The highest BCUT2D eigenvalue weighted by Gasteiger charge is 2.14. The predicted octanol–water partition coefficient (Wildman–Crippen LogP) is 2.61. The normalized spacial score (nSPS) is 16.3. The van der Waals surface area contributed by atoms with Crippen molar-refractivity contribution in [2.24, 2.45) is 0 Å². The van der Waals surface area contributed by atoms with Crippen LogP contribution >= 0.6 is 0 Å². The highest BCUT2D eigenvalue weighted by Crippen LogP contribution is 2.22. The van der Waals surface area contributed by atoms with Gasteiger partial charge in [0.05, 0.1) is 0 Å². The van der Waals surface area contributed by atoms with Crippen molar-refractivity contribution in [1.29, 1.82) is 0 Å². The van der Waals surface area contributed by atoms with Crippen LogP contribution in [0.1, 0.15) is 33.6 Å². The Morgan fingerprint density at radius 2 is 1.70 bits per heavy atom. The number of carbonyl (C=O) groups is 1. The molecule has 0 bridgehead atoms. The Hall–Kier alpha value is -1.71. The Kier molecular flexibility index (Phi) is 4.88. The van der Waals surface area contributed by atoms with Gasteiger partial charge in [0.15, 0.2) is 0 Å². The van der Waals surface area contributed by atoms with E-state index in [2.05, 4.69) is 27.7 Å². The molecule has 20 heavy (non-hydrogen) atoms. The molecule has 1 aliphatic rings. The van der Waals surface area contributed by atoms with Gasteiger partial charge in [0.25, 0.3) is 0 Å². The summed E-state index contributed by atoms with van der Waals surface area (Å²) in [7, 11) is 0. The number of carbonyl (C=O) groups excluding carboxylic acids is 1. The summed E-state index contributed by atoms with van der Waals surface area (Å²) in [5, 5.41) is 6.14. The molecule has 2 rings (SSSR count). The first kappa shape index (κ1) is 14.7. The standard InChI is InChI=1S/C16H25N3O/c1-12(2)17-16(20)13(3)18-14-6-8-15(9-7-14)19-10-4-5-11-19/h6-9,12-13,18H,4-5,10-11H2,1-3H3,(H,17,20). The van der Waals surface area contributed by atoms with Gasteiger partial charge in [0, 0.05) is 30.5 Å². The topological polar surface area (TPSA) is 44.4 Å². The van der Waals surface area contributed by atoms with Gasteiger partial charge in [0.1, 0.15) is 6.04 Å². The Morgan fingerprint density at radius 3 is 2.25 bits per heavy atom. The molecule has 1 amide bonds.